The highest BCUT2D eigenvalue weighted by Crippen LogP contribution is 2.42. The molecule has 3 nitrogen and oxygen atoms in total. The number of benzene rings is 9. The van der Waals surface area contributed by atoms with Crippen LogP contribution in [0.3, 0.4) is 0 Å². The second-order valence-corrected chi connectivity index (χ2v) is 17.8. The minimum Gasteiger partial charge on any atom is -0.456 e. The van der Waals surface area contributed by atoms with Crippen molar-refractivity contribution in [2.75, 3.05) is 0 Å². The predicted molar refractivity (Wildman–Crippen MR) is 296 cm³/mol. The Morgan fingerprint density at radius 1 is 0.344 bits per heavy atom. The van der Waals surface area contributed by atoms with Crippen LogP contribution in [0.15, 0.2) is 168 Å². The van der Waals surface area contributed by atoms with E-state index in [1.165, 1.54) is 121 Å². The van der Waals surface area contributed by atoms with Gasteiger partial charge in [-0.2, -0.15) is 0 Å². The maximum atomic E-state index is 6.51. The smallest absolute Gasteiger partial charge is 0.141 e. The topological polar surface area (TPSA) is 23.0 Å². The van der Waals surface area contributed by atoms with E-state index in [9.17, 15) is 0 Å². The zero-order valence-corrected chi connectivity index (χ0v) is 37.4. The molecule has 0 aliphatic rings. The van der Waals surface area contributed by atoms with Crippen molar-refractivity contribution < 1.29 is 4.42 Å². The van der Waals surface area contributed by atoms with Crippen molar-refractivity contribution >= 4 is 159 Å². The Bertz CT molecular complexity index is 3930. The Kier molecular flexibility index (Phi) is 8.69. The van der Waals surface area contributed by atoms with Gasteiger partial charge in [-0.05, 0) is 64.0 Å². The number of aromatic nitrogens is 2. The second kappa shape index (κ2) is 14.4. The van der Waals surface area contributed by atoms with Gasteiger partial charge < -0.3 is 13.6 Å². The highest BCUT2D eigenvalue weighted by Gasteiger charge is 2.26. The van der Waals surface area contributed by atoms with Gasteiger partial charge in [0.2, 0.25) is 0 Å². The van der Waals surface area contributed by atoms with Gasteiger partial charge in [0.1, 0.15) is 66.1 Å². The zero-order valence-electron chi connectivity index (χ0n) is 37.4. The first kappa shape index (κ1) is 38.5. The summed E-state index contributed by atoms with van der Waals surface area (Å²) >= 11 is 0. The molecule has 0 amide bonds. The molecule has 0 aliphatic heterocycles. The quantitative estimate of drug-likeness (QED) is 0.246. The van der Waals surface area contributed by atoms with Crippen molar-refractivity contribution in [3.63, 3.8) is 0 Å². The van der Waals surface area contributed by atoms with Crippen LogP contribution in [-0.2, 0) is 0 Å². The number of para-hydroxylation sites is 3. The Hall–Kier alpha value is -7.17. The van der Waals surface area contributed by atoms with Gasteiger partial charge in [0.15, 0.2) is 0 Å². The van der Waals surface area contributed by atoms with Crippen molar-refractivity contribution in [3.05, 3.63) is 164 Å². The van der Waals surface area contributed by atoms with Gasteiger partial charge in [0, 0.05) is 60.8 Å². The third-order valence-electron chi connectivity index (χ3n) is 14.6. The molecular formula is C54H41B7N2O. The molecule has 0 saturated carbocycles. The molecule has 12 rings (SSSR count). The lowest BCUT2D eigenvalue weighted by Crippen LogP contribution is -2.48. The molecule has 0 fully saturated rings. The summed E-state index contributed by atoms with van der Waals surface area (Å²) in [4.78, 5) is 0. The molecular weight excluding hydrogens is 768 g/mol. The van der Waals surface area contributed by atoms with E-state index in [0.29, 0.717) is 0 Å². The van der Waals surface area contributed by atoms with Crippen LogP contribution in [0.1, 0.15) is 0 Å². The van der Waals surface area contributed by atoms with Crippen LogP contribution in [0.2, 0.25) is 0 Å². The standard InChI is InChI=1S/C54H41B7N2O/c55-45-42(46(56)50(60)53-43(45)44-47(57)48(58)49(59)51(61)54(44)62(53)31-23-24-35-34-17-8-10-21-40(34)64-41(35)27-31)30-22-25-39-37(26-30)36-19-11-18-33(29-14-5-2-6-15-29)52(36)63(39)38-20-9-7-16-32(38)28-12-3-1-4-13-28/h1-27H,55-61H2. The lowest BCUT2D eigenvalue weighted by atomic mass is 9.64. The summed E-state index contributed by atoms with van der Waals surface area (Å²) in [5, 5.41) is 7.43. The summed E-state index contributed by atoms with van der Waals surface area (Å²) in [5.41, 5.74) is 25.7. The molecule has 10 heteroatoms. The summed E-state index contributed by atoms with van der Waals surface area (Å²) < 4.78 is 11.6. The highest BCUT2D eigenvalue weighted by molar-refractivity contribution is 6.69. The summed E-state index contributed by atoms with van der Waals surface area (Å²) in [6.45, 7) is 0. The number of rotatable bonds is 5. The maximum absolute atomic E-state index is 6.51. The SMILES string of the molecule is Bc1c(B)c(B)c2c(c1B)c1c(B)c(-c3ccc4c(c3)c3cccc(-c5ccccc5)c3n4-c3ccccc3-c3ccccc3)c(B)c(B)c1n2-c1ccc2c(c1)oc1ccccc12. The largest absolute Gasteiger partial charge is 0.456 e. The summed E-state index contributed by atoms with van der Waals surface area (Å²) in [7, 11) is 16.2. The first-order chi connectivity index (χ1) is 31.2. The average molecular weight is 810 g/mol. The van der Waals surface area contributed by atoms with Gasteiger partial charge in [0.25, 0.3) is 0 Å². The fourth-order valence-corrected chi connectivity index (χ4v) is 11.1. The molecule has 0 aliphatic carbocycles. The van der Waals surface area contributed by atoms with E-state index in [4.69, 9.17) is 4.42 Å². The van der Waals surface area contributed by atoms with Crippen molar-refractivity contribution in [2.24, 2.45) is 0 Å². The number of furan rings is 1. The number of hydrogen-bond acceptors (Lipinski definition) is 1. The van der Waals surface area contributed by atoms with Crippen LogP contribution >= 0.6 is 0 Å². The molecule has 12 aromatic rings. The zero-order chi connectivity index (χ0) is 43.5. The van der Waals surface area contributed by atoms with E-state index in [1.54, 1.807) is 0 Å². The van der Waals surface area contributed by atoms with Crippen molar-refractivity contribution in [2.45, 2.75) is 0 Å². The molecule has 9 aromatic carbocycles. The van der Waals surface area contributed by atoms with Crippen LogP contribution in [0.4, 0.5) is 0 Å². The van der Waals surface area contributed by atoms with Gasteiger partial charge in [0.05, 0.1) is 16.7 Å². The molecule has 0 spiro atoms. The first-order valence-electron chi connectivity index (χ1n) is 22.4. The fourth-order valence-electron chi connectivity index (χ4n) is 11.1. The van der Waals surface area contributed by atoms with E-state index in [1.807, 2.05) is 6.07 Å². The van der Waals surface area contributed by atoms with E-state index in [2.05, 4.69) is 222 Å². The van der Waals surface area contributed by atoms with Crippen LogP contribution in [0.25, 0.3) is 110 Å². The van der Waals surface area contributed by atoms with Gasteiger partial charge in [-0.3, -0.25) is 0 Å². The molecule has 0 saturated heterocycles. The highest BCUT2D eigenvalue weighted by atomic mass is 16.3. The molecule has 0 unspecified atom stereocenters. The maximum Gasteiger partial charge on any atom is 0.141 e. The van der Waals surface area contributed by atoms with Crippen LogP contribution < -0.4 is 38.2 Å². The molecule has 0 radical (unpaired) electrons. The molecule has 64 heavy (non-hydrogen) atoms. The molecule has 0 N–H and O–H groups in total. The van der Waals surface area contributed by atoms with Crippen molar-refractivity contribution in [1.82, 2.24) is 9.13 Å². The van der Waals surface area contributed by atoms with E-state index < -0.39 is 0 Å². The molecule has 0 bridgehead atoms. The number of nitrogens with zero attached hydrogens (tertiary/aromatic N) is 2. The third kappa shape index (κ3) is 5.45. The van der Waals surface area contributed by atoms with Crippen LogP contribution in [-0.4, -0.2) is 64.1 Å². The van der Waals surface area contributed by atoms with E-state index in [-0.39, 0.29) is 0 Å². The van der Waals surface area contributed by atoms with Gasteiger partial charge in [-0.1, -0.05) is 154 Å². The van der Waals surface area contributed by atoms with Crippen molar-refractivity contribution in [1.29, 1.82) is 0 Å². The number of hydrogen-bond donors (Lipinski definition) is 0. The third-order valence-corrected chi connectivity index (χ3v) is 14.6. The van der Waals surface area contributed by atoms with Crippen molar-refractivity contribution in [3.8, 4) is 44.8 Å². The van der Waals surface area contributed by atoms with E-state index >= 15 is 0 Å². The van der Waals surface area contributed by atoms with Gasteiger partial charge in [-0.25, -0.2) is 0 Å². The van der Waals surface area contributed by atoms with Crippen LogP contribution in [0, 0.1) is 0 Å². The Morgan fingerprint density at radius 3 is 1.70 bits per heavy atom. The molecule has 3 heterocycles. The van der Waals surface area contributed by atoms with E-state index in [0.717, 1.165) is 27.6 Å². The summed E-state index contributed by atoms with van der Waals surface area (Å²) in [5.74, 6) is 0. The second-order valence-electron chi connectivity index (χ2n) is 17.8. The Morgan fingerprint density at radius 2 is 0.938 bits per heavy atom. The predicted octanol–water partition coefficient (Wildman–Crippen LogP) is 2.59. The summed E-state index contributed by atoms with van der Waals surface area (Å²) in [6.07, 6.45) is 0. The Balaban J connectivity index is 1.16. The molecule has 3 aromatic heterocycles. The Labute approximate surface area is 379 Å². The lowest BCUT2D eigenvalue weighted by molar-refractivity contribution is 0.668. The minimum absolute atomic E-state index is 0.906. The normalized spacial score (nSPS) is 11.9. The summed E-state index contributed by atoms with van der Waals surface area (Å²) in [6, 6.07) is 59.6. The average Bonchev–Trinajstić information content (AvgIpc) is 4.01. The number of fused-ring (bicyclic) bond motifs is 9. The fraction of sp³-hybridized carbons (Fsp3) is 0. The van der Waals surface area contributed by atoms with Gasteiger partial charge in [-0.15, -0.1) is 5.46 Å². The minimum atomic E-state index is 0.906. The lowest BCUT2D eigenvalue weighted by Gasteiger charge is -2.19. The van der Waals surface area contributed by atoms with Crippen LogP contribution in [0.5, 0.6) is 0 Å². The van der Waals surface area contributed by atoms with Gasteiger partial charge >= 0.3 is 0 Å². The first-order valence-corrected chi connectivity index (χ1v) is 22.4. The molecule has 0 atom stereocenters. The molecule has 294 valence electrons. The monoisotopic (exact) mass is 810 g/mol.